The van der Waals surface area contributed by atoms with E-state index in [2.05, 4.69) is 15.1 Å². The van der Waals surface area contributed by atoms with E-state index >= 15 is 0 Å². The second-order valence-electron chi connectivity index (χ2n) is 4.51. The molecule has 0 amide bonds. The number of nitrogens with two attached hydrogens (primary N) is 1. The molecule has 122 valence electrons. The lowest BCUT2D eigenvalue weighted by molar-refractivity contribution is -0.0293. The molecule has 2 aromatic rings. The molecular weight excluding hydrogens is 292 g/mol. The van der Waals surface area contributed by atoms with Crippen molar-refractivity contribution < 1.29 is 13.3 Å². The molecule has 0 radical (unpaired) electrons. The van der Waals surface area contributed by atoms with Gasteiger partial charge in [-0.1, -0.05) is 32.5 Å². The lowest BCUT2D eigenvalue weighted by Crippen LogP contribution is -2.56. The van der Waals surface area contributed by atoms with E-state index in [1.807, 2.05) is 20.8 Å². The minimum Gasteiger partial charge on any atom is -0.383 e. The molecule has 3 rings (SSSR count). The van der Waals surface area contributed by atoms with Crippen LogP contribution in [0.2, 0.25) is 0 Å². The Balaban J connectivity index is 0.000000775. The van der Waals surface area contributed by atoms with Gasteiger partial charge in [0.1, 0.15) is 11.5 Å². The lowest BCUT2D eigenvalue weighted by Gasteiger charge is -2.36. The molecule has 22 heavy (non-hydrogen) atoms. The Bertz CT molecular complexity index is 621. The van der Waals surface area contributed by atoms with Gasteiger partial charge in [-0.25, -0.2) is 13.8 Å². The van der Waals surface area contributed by atoms with Gasteiger partial charge in [-0.3, -0.25) is 0 Å². The molecule has 0 aliphatic carbocycles. The van der Waals surface area contributed by atoms with Gasteiger partial charge in [-0.2, -0.15) is 4.98 Å². The standard InChI is InChI=1S/C11H11F2N5O.C2H6.CH4/c1-6-2-3-7(15-8(6)14)9-16-10(19-17-9)18-4-11(12,13)5-18;1-2;/h2-3H,4-5H2,1H3,(H2,14,15);1-2H3;1H4. The molecule has 2 aromatic heterocycles. The fourth-order valence-corrected chi connectivity index (χ4v) is 1.76. The molecule has 1 saturated heterocycles. The van der Waals surface area contributed by atoms with Crippen LogP contribution in [0.4, 0.5) is 20.6 Å². The smallest absolute Gasteiger partial charge is 0.324 e. The Morgan fingerprint density at radius 2 is 1.86 bits per heavy atom. The molecule has 0 unspecified atom stereocenters. The van der Waals surface area contributed by atoms with E-state index in [4.69, 9.17) is 10.3 Å². The van der Waals surface area contributed by atoms with Gasteiger partial charge >= 0.3 is 6.01 Å². The number of hydrogen-bond acceptors (Lipinski definition) is 6. The molecule has 1 fully saturated rings. The molecule has 0 spiro atoms. The Labute approximate surface area is 128 Å². The van der Waals surface area contributed by atoms with E-state index in [1.54, 1.807) is 12.1 Å². The molecule has 8 heteroatoms. The maximum Gasteiger partial charge on any atom is 0.324 e. The summed E-state index contributed by atoms with van der Waals surface area (Å²) in [5, 5.41) is 3.72. The molecule has 1 aliphatic heterocycles. The van der Waals surface area contributed by atoms with Crippen molar-refractivity contribution in [2.75, 3.05) is 23.7 Å². The average molecular weight is 313 g/mol. The van der Waals surface area contributed by atoms with E-state index < -0.39 is 19.0 Å². The van der Waals surface area contributed by atoms with Crippen molar-refractivity contribution in [1.29, 1.82) is 0 Å². The zero-order chi connectivity index (χ0) is 15.6. The maximum absolute atomic E-state index is 12.7. The van der Waals surface area contributed by atoms with Crippen molar-refractivity contribution in [2.45, 2.75) is 34.1 Å². The van der Waals surface area contributed by atoms with Gasteiger partial charge in [0.2, 0.25) is 5.82 Å². The van der Waals surface area contributed by atoms with Gasteiger partial charge in [0.25, 0.3) is 5.92 Å². The third-order valence-corrected chi connectivity index (χ3v) is 2.90. The van der Waals surface area contributed by atoms with Gasteiger partial charge < -0.3 is 15.2 Å². The normalized spacial score (nSPS) is 15.2. The molecule has 1 aliphatic rings. The summed E-state index contributed by atoms with van der Waals surface area (Å²) in [6, 6.07) is 3.55. The van der Waals surface area contributed by atoms with E-state index in [1.165, 1.54) is 4.90 Å². The van der Waals surface area contributed by atoms with E-state index in [0.717, 1.165) is 5.56 Å². The molecule has 2 N–H and O–H groups in total. The van der Waals surface area contributed by atoms with Crippen LogP contribution in [-0.4, -0.2) is 34.1 Å². The van der Waals surface area contributed by atoms with Crippen LogP contribution >= 0.6 is 0 Å². The number of halogens is 2. The van der Waals surface area contributed by atoms with Crippen molar-refractivity contribution in [1.82, 2.24) is 15.1 Å². The molecule has 3 heterocycles. The van der Waals surface area contributed by atoms with Crippen LogP contribution < -0.4 is 10.6 Å². The van der Waals surface area contributed by atoms with Crippen molar-refractivity contribution in [3.63, 3.8) is 0 Å². The number of aryl methyl sites for hydroxylation is 1. The third-order valence-electron chi connectivity index (χ3n) is 2.90. The largest absolute Gasteiger partial charge is 0.383 e. The Kier molecular flexibility index (Phi) is 5.40. The predicted octanol–water partition coefficient (Wildman–Crippen LogP) is 3.14. The van der Waals surface area contributed by atoms with Crippen LogP contribution in [0.5, 0.6) is 0 Å². The number of aromatic nitrogens is 3. The van der Waals surface area contributed by atoms with Crippen LogP contribution in [0, 0.1) is 6.92 Å². The summed E-state index contributed by atoms with van der Waals surface area (Å²) >= 11 is 0. The summed E-state index contributed by atoms with van der Waals surface area (Å²) in [6.07, 6.45) is 0. The van der Waals surface area contributed by atoms with Gasteiger partial charge in [-0.05, 0) is 18.6 Å². The summed E-state index contributed by atoms with van der Waals surface area (Å²) in [4.78, 5) is 9.46. The zero-order valence-corrected chi connectivity index (χ0v) is 12.1. The van der Waals surface area contributed by atoms with Crippen LogP contribution in [0.3, 0.4) is 0 Å². The van der Waals surface area contributed by atoms with Crippen LogP contribution in [0.25, 0.3) is 11.5 Å². The highest BCUT2D eigenvalue weighted by Crippen LogP contribution is 2.31. The topological polar surface area (TPSA) is 81.1 Å². The summed E-state index contributed by atoms with van der Waals surface area (Å²) in [7, 11) is 0. The van der Waals surface area contributed by atoms with Gasteiger partial charge in [0.05, 0.1) is 13.1 Å². The number of nitrogens with zero attached hydrogens (tertiary/aromatic N) is 4. The first-order valence-corrected chi connectivity index (χ1v) is 6.65. The van der Waals surface area contributed by atoms with Crippen LogP contribution in [-0.2, 0) is 0 Å². The number of hydrogen-bond donors (Lipinski definition) is 1. The summed E-state index contributed by atoms with van der Waals surface area (Å²) in [6.45, 7) is 5.02. The van der Waals surface area contributed by atoms with Gasteiger partial charge in [0, 0.05) is 0 Å². The Hall–Kier alpha value is -2.25. The van der Waals surface area contributed by atoms with E-state index in [9.17, 15) is 8.78 Å². The molecule has 0 bridgehead atoms. The first-order chi connectivity index (χ1) is 9.94. The van der Waals surface area contributed by atoms with E-state index in [0.29, 0.717) is 11.5 Å². The lowest BCUT2D eigenvalue weighted by atomic mass is 10.2. The highest BCUT2D eigenvalue weighted by Gasteiger charge is 2.46. The molecule has 0 aromatic carbocycles. The Morgan fingerprint density at radius 3 is 2.41 bits per heavy atom. The van der Waals surface area contributed by atoms with Crippen LogP contribution in [0.1, 0.15) is 26.8 Å². The van der Waals surface area contributed by atoms with Gasteiger partial charge in [0.15, 0.2) is 0 Å². The second kappa shape index (κ2) is 6.67. The maximum atomic E-state index is 12.7. The molecule has 6 nitrogen and oxygen atoms in total. The number of nitrogen functional groups attached to an aromatic ring is 1. The average Bonchev–Trinajstić information content (AvgIpc) is 2.91. The summed E-state index contributed by atoms with van der Waals surface area (Å²) in [5.74, 6) is -2.07. The summed E-state index contributed by atoms with van der Waals surface area (Å²) in [5.41, 5.74) is 6.98. The van der Waals surface area contributed by atoms with Crippen LogP contribution in [0.15, 0.2) is 16.7 Å². The van der Waals surface area contributed by atoms with Crippen molar-refractivity contribution >= 4 is 11.8 Å². The monoisotopic (exact) mass is 313 g/mol. The predicted molar refractivity (Wildman–Crippen MR) is 81.9 cm³/mol. The number of alkyl halides is 2. The van der Waals surface area contributed by atoms with Gasteiger partial charge in [-0.15, -0.1) is 0 Å². The third kappa shape index (κ3) is 3.49. The minimum atomic E-state index is -2.68. The zero-order valence-electron chi connectivity index (χ0n) is 12.1. The Morgan fingerprint density at radius 1 is 1.23 bits per heavy atom. The quantitative estimate of drug-likeness (QED) is 0.917. The number of anilines is 2. The number of pyridine rings is 1. The van der Waals surface area contributed by atoms with Crippen molar-refractivity contribution in [3.05, 3.63) is 17.7 Å². The van der Waals surface area contributed by atoms with E-state index in [-0.39, 0.29) is 19.3 Å². The SMILES string of the molecule is C.CC.Cc1ccc(-c2noc(N3CC(F)(F)C3)n2)nc1N. The van der Waals surface area contributed by atoms with Crippen molar-refractivity contribution in [3.8, 4) is 11.5 Å². The number of rotatable bonds is 2. The highest BCUT2D eigenvalue weighted by atomic mass is 19.3. The first-order valence-electron chi connectivity index (χ1n) is 6.65. The second-order valence-corrected chi connectivity index (χ2v) is 4.51. The minimum absolute atomic E-state index is 0. The highest BCUT2D eigenvalue weighted by molar-refractivity contribution is 5.55. The fraction of sp³-hybridized carbons (Fsp3) is 0.500. The van der Waals surface area contributed by atoms with Crippen molar-refractivity contribution in [2.24, 2.45) is 0 Å². The molecular formula is C14H21F2N5O. The fourth-order valence-electron chi connectivity index (χ4n) is 1.76. The first kappa shape index (κ1) is 17.8. The molecule has 0 atom stereocenters. The molecule has 0 saturated carbocycles. The summed E-state index contributed by atoms with van der Waals surface area (Å²) < 4.78 is 30.4.